The van der Waals surface area contributed by atoms with Crippen LogP contribution in [0.15, 0.2) is 30.3 Å². The van der Waals surface area contributed by atoms with E-state index in [1.54, 1.807) is 22.9 Å². The van der Waals surface area contributed by atoms with Crippen LogP contribution in [-0.2, 0) is 27.8 Å². The number of hydrogen-bond donors (Lipinski definition) is 1. The minimum Gasteiger partial charge on any atom is -0.449 e. The molecule has 0 unspecified atom stereocenters. The molecule has 0 aliphatic carbocycles. The van der Waals surface area contributed by atoms with Crippen molar-refractivity contribution in [2.45, 2.75) is 33.3 Å². The Balaban J connectivity index is 1.80. The third-order valence-corrected chi connectivity index (χ3v) is 4.24. The molecule has 2 rings (SSSR count). The van der Waals surface area contributed by atoms with Crippen LogP contribution >= 0.6 is 0 Å². The molecular weight excluding hydrogens is 349 g/mol. The molecule has 6 nitrogen and oxygen atoms in total. The van der Waals surface area contributed by atoms with Gasteiger partial charge in [0.15, 0.2) is 6.10 Å². The van der Waals surface area contributed by atoms with E-state index in [9.17, 15) is 14.0 Å². The van der Waals surface area contributed by atoms with Crippen LogP contribution in [0.4, 0.5) is 4.39 Å². The number of aromatic nitrogens is 2. The lowest BCUT2D eigenvalue weighted by Gasteiger charge is -2.12. The van der Waals surface area contributed by atoms with E-state index in [4.69, 9.17) is 4.74 Å². The van der Waals surface area contributed by atoms with E-state index >= 15 is 0 Å². The smallest absolute Gasteiger partial charge is 0.331 e. The first-order valence-corrected chi connectivity index (χ1v) is 8.69. The fourth-order valence-corrected chi connectivity index (χ4v) is 2.57. The molecule has 0 spiro atoms. The summed E-state index contributed by atoms with van der Waals surface area (Å²) in [6.07, 6.45) is 2.58. The monoisotopic (exact) mass is 373 g/mol. The Kier molecular flexibility index (Phi) is 6.87. The average Bonchev–Trinajstić information content (AvgIpc) is 2.86. The largest absolute Gasteiger partial charge is 0.449 e. The molecule has 0 radical (unpaired) electrons. The Hall–Kier alpha value is -2.96. The number of carbonyl (C=O) groups excluding carboxylic acids is 2. The van der Waals surface area contributed by atoms with E-state index in [1.807, 2.05) is 20.9 Å². The van der Waals surface area contributed by atoms with Gasteiger partial charge >= 0.3 is 5.97 Å². The highest BCUT2D eigenvalue weighted by Gasteiger charge is 2.16. The number of halogens is 1. The van der Waals surface area contributed by atoms with Crippen molar-refractivity contribution in [3.05, 3.63) is 58.7 Å². The predicted octanol–water partition coefficient (Wildman–Crippen LogP) is 2.48. The summed E-state index contributed by atoms with van der Waals surface area (Å²) in [4.78, 5) is 24.0. The Morgan fingerprint density at radius 1 is 1.30 bits per heavy atom. The molecule has 1 aromatic carbocycles. The Morgan fingerprint density at radius 3 is 2.56 bits per heavy atom. The fourth-order valence-electron chi connectivity index (χ4n) is 2.57. The van der Waals surface area contributed by atoms with Crippen molar-refractivity contribution in [2.75, 3.05) is 6.54 Å². The number of hydrogen-bond acceptors (Lipinski definition) is 4. The predicted molar refractivity (Wildman–Crippen MR) is 100 cm³/mol. The topological polar surface area (TPSA) is 73.2 Å². The Morgan fingerprint density at radius 2 is 1.96 bits per heavy atom. The van der Waals surface area contributed by atoms with E-state index in [-0.39, 0.29) is 11.7 Å². The van der Waals surface area contributed by atoms with E-state index in [0.717, 1.165) is 22.5 Å². The van der Waals surface area contributed by atoms with E-state index in [2.05, 4.69) is 10.4 Å². The molecule has 0 bridgehead atoms. The molecule has 144 valence electrons. The summed E-state index contributed by atoms with van der Waals surface area (Å²) in [6, 6.07) is 6.08. The zero-order chi connectivity index (χ0) is 20.0. The third-order valence-electron chi connectivity index (χ3n) is 4.24. The van der Waals surface area contributed by atoms with Crippen molar-refractivity contribution in [3.8, 4) is 0 Å². The number of nitrogens with zero attached hydrogens (tertiary/aromatic N) is 2. The maximum absolute atomic E-state index is 12.9. The number of esters is 1. The number of carbonyl (C=O) groups is 2. The normalized spacial score (nSPS) is 12.2. The SMILES string of the molecule is Cc1nn(C)c(C)c1/C=C/C(=O)O[C@@H](C)C(=O)NCCc1ccc(F)cc1. The van der Waals surface area contributed by atoms with Crippen molar-refractivity contribution in [1.29, 1.82) is 0 Å². The first kappa shape index (κ1) is 20.4. The minimum atomic E-state index is -0.911. The highest BCUT2D eigenvalue weighted by molar-refractivity contribution is 5.90. The summed E-state index contributed by atoms with van der Waals surface area (Å²) in [5.74, 6) is -1.28. The number of nitrogens with one attached hydrogen (secondary N) is 1. The molecule has 1 aromatic heterocycles. The van der Waals surface area contributed by atoms with Crippen LogP contribution < -0.4 is 5.32 Å². The van der Waals surface area contributed by atoms with Crippen LogP contribution in [-0.4, -0.2) is 34.3 Å². The molecule has 1 atom stereocenters. The minimum absolute atomic E-state index is 0.298. The Bertz CT molecular complexity index is 841. The molecule has 1 N–H and O–H groups in total. The van der Waals surface area contributed by atoms with Gasteiger partial charge in [0, 0.05) is 30.9 Å². The van der Waals surface area contributed by atoms with E-state index in [0.29, 0.717) is 13.0 Å². The molecule has 0 saturated carbocycles. The summed E-state index contributed by atoms with van der Waals surface area (Å²) >= 11 is 0. The lowest BCUT2D eigenvalue weighted by Crippen LogP contribution is -2.36. The fraction of sp³-hybridized carbons (Fsp3) is 0.350. The lowest BCUT2D eigenvalue weighted by atomic mass is 10.1. The lowest BCUT2D eigenvalue weighted by molar-refractivity contribution is -0.150. The summed E-state index contributed by atoms with van der Waals surface area (Å²) in [7, 11) is 1.83. The van der Waals surface area contributed by atoms with Crippen molar-refractivity contribution < 1.29 is 18.7 Å². The molecular formula is C20H24FN3O3. The van der Waals surface area contributed by atoms with Crippen molar-refractivity contribution in [2.24, 2.45) is 7.05 Å². The molecule has 0 fully saturated rings. The summed E-state index contributed by atoms with van der Waals surface area (Å²) < 4.78 is 19.7. The summed E-state index contributed by atoms with van der Waals surface area (Å²) in [5, 5.41) is 6.97. The van der Waals surface area contributed by atoms with Gasteiger partial charge in [-0.1, -0.05) is 12.1 Å². The quantitative estimate of drug-likeness (QED) is 0.598. The zero-order valence-corrected chi connectivity index (χ0v) is 16.0. The molecule has 2 aromatic rings. The van der Waals surface area contributed by atoms with Crippen LogP contribution in [0.2, 0.25) is 0 Å². The molecule has 1 amide bonds. The van der Waals surface area contributed by atoms with E-state index < -0.39 is 12.1 Å². The molecule has 0 saturated heterocycles. The van der Waals surface area contributed by atoms with Gasteiger partial charge in [-0.15, -0.1) is 0 Å². The van der Waals surface area contributed by atoms with Gasteiger partial charge in [0.1, 0.15) is 5.82 Å². The van der Waals surface area contributed by atoms with Crippen LogP contribution in [0.1, 0.15) is 29.4 Å². The second-order valence-corrected chi connectivity index (χ2v) is 6.29. The van der Waals surface area contributed by atoms with Gasteiger partial charge in [0.25, 0.3) is 5.91 Å². The number of ether oxygens (including phenoxy) is 1. The van der Waals surface area contributed by atoms with E-state index in [1.165, 1.54) is 25.1 Å². The first-order valence-electron chi connectivity index (χ1n) is 8.69. The molecule has 0 aliphatic rings. The van der Waals surface area contributed by atoms with Crippen molar-refractivity contribution in [3.63, 3.8) is 0 Å². The van der Waals surface area contributed by atoms with Crippen LogP contribution in [0, 0.1) is 19.7 Å². The van der Waals surface area contributed by atoms with Crippen molar-refractivity contribution >= 4 is 18.0 Å². The summed E-state index contributed by atoms with van der Waals surface area (Å²) in [6.45, 7) is 5.65. The zero-order valence-electron chi connectivity index (χ0n) is 16.0. The number of aryl methyl sites for hydroxylation is 2. The van der Waals surface area contributed by atoms with Crippen LogP contribution in [0.25, 0.3) is 6.08 Å². The van der Waals surface area contributed by atoms with Crippen LogP contribution in [0.3, 0.4) is 0 Å². The second-order valence-electron chi connectivity index (χ2n) is 6.29. The maximum Gasteiger partial charge on any atom is 0.331 e. The standard InChI is InChI=1S/C20H24FN3O3/c1-13-18(14(2)24(4)23-13)9-10-19(25)27-15(3)20(26)22-12-11-16-5-7-17(21)8-6-16/h5-10,15H,11-12H2,1-4H3,(H,22,26)/b10-9+/t15-/m0/s1. The molecule has 27 heavy (non-hydrogen) atoms. The molecule has 1 heterocycles. The van der Waals surface area contributed by atoms with Gasteiger partial charge in [-0.25, -0.2) is 9.18 Å². The maximum atomic E-state index is 12.9. The average molecular weight is 373 g/mol. The van der Waals surface area contributed by atoms with Gasteiger partial charge in [0.05, 0.1) is 5.69 Å². The number of amides is 1. The Labute approximate surface area is 158 Å². The first-order chi connectivity index (χ1) is 12.8. The highest BCUT2D eigenvalue weighted by atomic mass is 19.1. The molecule has 7 heteroatoms. The van der Waals surface area contributed by atoms with Crippen molar-refractivity contribution in [1.82, 2.24) is 15.1 Å². The number of benzene rings is 1. The third kappa shape index (κ3) is 5.77. The van der Waals surface area contributed by atoms with Gasteiger partial charge in [-0.05, 0) is 51.0 Å². The van der Waals surface area contributed by atoms with Gasteiger partial charge in [-0.3, -0.25) is 9.48 Å². The van der Waals surface area contributed by atoms with Gasteiger partial charge in [0.2, 0.25) is 0 Å². The number of rotatable bonds is 7. The second kappa shape index (κ2) is 9.12. The molecule has 0 aliphatic heterocycles. The highest BCUT2D eigenvalue weighted by Crippen LogP contribution is 2.13. The van der Waals surface area contributed by atoms with Gasteiger partial charge in [-0.2, -0.15) is 5.10 Å². The van der Waals surface area contributed by atoms with Crippen LogP contribution in [0.5, 0.6) is 0 Å². The van der Waals surface area contributed by atoms with Gasteiger partial charge < -0.3 is 10.1 Å². The summed E-state index contributed by atoms with van der Waals surface area (Å²) in [5.41, 5.74) is 3.51.